The average Bonchev–Trinajstić information content (AvgIpc) is 2.85. The highest BCUT2D eigenvalue weighted by molar-refractivity contribution is 7.98. The van der Waals surface area contributed by atoms with Gasteiger partial charge in [-0.05, 0) is 18.4 Å². The van der Waals surface area contributed by atoms with Crippen LogP contribution in [0.15, 0.2) is 24.3 Å². The summed E-state index contributed by atoms with van der Waals surface area (Å²) in [6.07, 6.45) is 1.28. The molecule has 0 aliphatic carbocycles. The van der Waals surface area contributed by atoms with Crippen LogP contribution in [0.3, 0.4) is 0 Å². The monoisotopic (exact) mass is 308 g/mol. The smallest absolute Gasteiger partial charge is 0.413 e. The molecule has 0 saturated carbocycles. The number of hydrogen-bond donors (Lipinski definition) is 2. The van der Waals surface area contributed by atoms with Gasteiger partial charge in [-0.3, -0.25) is 5.32 Å². The van der Waals surface area contributed by atoms with Gasteiger partial charge in [-0.25, -0.2) is 19.1 Å². The van der Waals surface area contributed by atoms with E-state index in [1.165, 1.54) is 11.7 Å². The first-order valence-corrected chi connectivity index (χ1v) is 7.66. The van der Waals surface area contributed by atoms with Crippen molar-refractivity contribution >= 4 is 40.9 Å². The first-order chi connectivity index (χ1) is 10.2. The van der Waals surface area contributed by atoms with E-state index in [9.17, 15) is 9.59 Å². The Morgan fingerprint density at radius 1 is 1.38 bits per heavy atom. The lowest BCUT2D eigenvalue weighted by Crippen LogP contribution is -2.31. The number of benzene rings is 1. The summed E-state index contributed by atoms with van der Waals surface area (Å²) in [4.78, 5) is 27.9. The number of carbonyl (C=O) groups is 2. The molecule has 1 aromatic heterocycles. The van der Waals surface area contributed by atoms with Gasteiger partial charge in [0.15, 0.2) is 0 Å². The number of rotatable bonds is 4. The maximum absolute atomic E-state index is 12.3. The molecule has 1 heterocycles. The highest BCUT2D eigenvalue weighted by Crippen LogP contribution is 2.19. The molecule has 0 saturated heterocycles. The first kappa shape index (κ1) is 15.2. The van der Waals surface area contributed by atoms with Crippen LogP contribution in [0.2, 0.25) is 0 Å². The van der Waals surface area contributed by atoms with E-state index in [4.69, 9.17) is 0 Å². The summed E-state index contributed by atoms with van der Waals surface area (Å²) in [7, 11) is 1.25. The van der Waals surface area contributed by atoms with Gasteiger partial charge in [-0.15, -0.1) is 0 Å². The van der Waals surface area contributed by atoms with Gasteiger partial charge in [0, 0.05) is 12.3 Å². The minimum absolute atomic E-state index is 0.129. The maximum atomic E-state index is 12.3. The Kier molecular flexibility index (Phi) is 5.04. The number of para-hydroxylation sites is 2. The molecule has 8 heteroatoms. The molecule has 0 unspecified atom stereocenters. The van der Waals surface area contributed by atoms with Crippen LogP contribution in [0, 0.1) is 0 Å². The fourth-order valence-electron chi connectivity index (χ4n) is 1.80. The van der Waals surface area contributed by atoms with Crippen LogP contribution in [0.5, 0.6) is 0 Å². The van der Waals surface area contributed by atoms with Crippen LogP contribution in [-0.2, 0) is 4.74 Å². The molecule has 0 bridgehead atoms. The van der Waals surface area contributed by atoms with Crippen LogP contribution in [0.4, 0.5) is 15.5 Å². The maximum Gasteiger partial charge on any atom is 0.413 e. The van der Waals surface area contributed by atoms with E-state index in [2.05, 4.69) is 20.4 Å². The molecule has 0 fully saturated rings. The lowest BCUT2D eigenvalue weighted by atomic mass is 10.3. The van der Waals surface area contributed by atoms with Crippen molar-refractivity contribution in [3.8, 4) is 0 Å². The quantitative estimate of drug-likeness (QED) is 0.845. The van der Waals surface area contributed by atoms with Crippen molar-refractivity contribution in [3.63, 3.8) is 0 Å². The highest BCUT2D eigenvalue weighted by Gasteiger charge is 2.18. The molecular weight excluding hydrogens is 292 g/mol. The van der Waals surface area contributed by atoms with Crippen LogP contribution in [0.1, 0.15) is 0 Å². The molecule has 0 atom stereocenters. The number of fused-ring (bicyclic) bond motifs is 1. The lowest BCUT2D eigenvalue weighted by molar-refractivity contribution is 0.186. The van der Waals surface area contributed by atoms with Crippen LogP contribution >= 0.6 is 11.8 Å². The third-order valence-electron chi connectivity index (χ3n) is 2.75. The normalized spacial score (nSPS) is 10.4. The largest absolute Gasteiger partial charge is 0.453 e. The van der Waals surface area contributed by atoms with Crippen molar-refractivity contribution in [2.75, 3.05) is 31.0 Å². The predicted octanol–water partition coefficient (Wildman–Crippen LogP) is 2.14. The number of carbonyl (C=O) groups excluding carboxylic acids is 2. The van der Waals surface area contributed by atoms with Crippen LogP contribution < -0.4 is 10.6 Å². The summed E-state index contributed by atoms with van der Waals surface area (Å²) in [5.74, 6) is 0.933. The minimum Gasteiger partial charge on any atom is -0.453 e. The van der Waals surface area contributed by atoms with Gasteiger partial charge >= 0.3 is 12.1 Å². The van der Waals surface area contributed by atoms with Crippen LogP contribution in [0.25, 0.3) is 11.0 Å². The number of anilines is 1. The number of nitrogens with one attached hydrogen (secondary N) is 2. The molecule has 112 valence electrons. The summed E-state index contributed by atoms with van der Waals surface area (Å²) >= 11 is 1.63. The van der Waals surface area contributed by atoms with Crippen molar-refractivity contribution in [3.05, 3.63) is 24.3 Å². The molecule has 0 radical (unpaired) electrons. The molecule has 2 aromatic rings. The zero-order valence-electron chi connectivity index (χ0n) is 11.8. The van der Waals surface area contributed by atoms with Crippen LogP contribution in [-0.4, -0.2) is 47.3 Å². The van der Waals surface area contributed by atoms with Gasteiger partial charge in [-0.1, -0.05) is 12.1 Å². The summed E-state index contributed by atoms with van der Waals surface area (Å²) in [6.45, 7) is 0.532. The van der Waals surface area contributed by atoms with E-state index in [1.807, 2.05) is 12.3 Å². The fraction of sp³-hybridized carbons (Fsp3) is 0.308. The molecule has 0 spiro atoms. The van der Waals surface area contributed by atoms with Gasteiger partial charge in [0.2, 0.25) is 5.95 Å². The van der Waals surface area contributed by atoms with E-state index in [0.29, 0.717) is 17.6 Å². The molecule has 2 rings (SSSR count). The number of nitrogens with zero attached hydrogens (tertiary/aromatic N) is 2. The van der Waals surface area contributed by atoms with Gasteiger partial charge in [-0.2, -0.15) is 11.8 Å². The number of methoxy groups -OCH3 is 1. The Balaban J connectivity index is 2.35. The Morgan fingerprint density at radius 3 is 2.86 bits per heavy atom. The first-order valence-electron chi connectivity index (χ1n) is 6.27. The number of amides is 2. The zero-order valence-corrected chi connectivity index (χ0v) is 12.6. The van der Waals surface area contributed by atoms with Crippen molar-refractivity contribution in [1.82, 2.24) is 14.9 Å². The Hall–Kier alpha value is -2.22. The number of aromatic nitrogens is 2. The Labute approximate surface area is 126 Å². The Bertz CT molecular complexity index is 656. The Morgan fingerprint density at radius 2 is 2.14 bits per heavy atom. The molecule has 1 aromatic carbocycles. The van der Waals surface area contributed by atoms with E-state index < -0.39 is 6.09 Å². The second-order valence-electron chi connectivity index (χ2n) is 4.10. The molecule has 2 amide bonds. The van der Waals surface area contributed by atoms with Gasteiger partial charge < -0.3 is 10.1 Å². The standard InChI is InChI=1S/C13H16N4O3S/c1-20-13(19)16-11-15-9-5-3-4-6-10(9)17(11)12(18)14-7-8-21-2/h3-6H,7-8H2,1-2H3,(H,14,18)(H,15,16,19). The fourth-order valence-corrected chi connectivity index (χ4v) is 2.10. The zero-order chi connectivity index (χ0) is 15.2. The van der Waals surface area contributed by atoms with Crippen molar-refractivity contribution in [1.29, 1.82) is 0 Å². The lowest BCUT2D eigenvalue weighted by Gasteiger charge is -2.09. The predicted molar refractivity (Wildman–Crippen MR) is 82.9 cm³/mol. The number of ether oxygens (including phenoxy) is 1. The number of thioether (sulfide) groups is 1. The minimum atomic E-state index is -0.677. The number of hydrogen-bond acceptors (Lipinski definition) is 5. The van der Waals surface area contributed by atoms with E-state index in [0.717, 1.165) is 5.75 Å². The highest BCUT2D eigenvalue weighted by atomic mass is 32.2. The third-order valence-corrected chi connectivity index (χ3v) is 3.36. The second kappa shape index (κ2) is 6.98. The van der Waals surface area contributed by atoms with Gasteiger partial charge in [0.25, 0.3) is 0 Å². The molecule has 21 heavy (non-hydrogen) atoms. The summed E-state index contributed by atoms with van der Waals surface area (Å²) in [5.41, 5.74) is 1.23. The third kappa shape index (κ3) is 3.46. The molecule has 7 nitrogen and oxygen atoms in total. The molecule has 0 aliphatic rings. The SMILES string of the molecule is COC(=O)Nc1nc2ccccc2n1C(=O)NCCSC. The average molecular weight is 308 g/mol. The van der Waals surface area contributed by atoms with E-state index in [1.54, 1.807) is 30.0 Å². The molecule has 0 aliphatic heterocycles. The number of imidazole rings is 1. The van der Waals surface area contributed by atoms with E-state index >= 15 is 0 Å². The van der Waals surface area contributed by atoms with Crippen molar-refractivity contribution in [2.45, 2.75) is 0 Å². The van der Waals surface area contributed by atoms with Crippen molar-refractivity contribution < 1.29 is 14.3 Å². The van der Waals surface area contributed by atoms with Crippen molar-refractivity contribution in [2.24, 2.45) is 0 Å². The van der Waals surface area contributed by atoms with E-state index in [-0.39, 0.29) is 12.0 Å². The second-order valence-corrected chi connectivity index (χ2v) is 5.09. The topological polar surface area (TPSA) is 85.2 Å². The summed E-state index contributed by atoms with van der Waals surface area (Å²) < 4.78 is 5.87. The molecule has 2 N–H and O–H groups in total. The summed E-state index contributed by atoms with van der Waals surface area (Å²) in [5, 5.41) is 5.23. The van der Waals surface area contributed by atoms with Gasteiger partial charge in [0.05, 0.1) is 18.1 Å². The molecular formula is C13H16N4O3S. The summed E-state index contributed by atoms with van der Waals surface area (Å²) in [6, 6.07) is 6.80. The van der Waals surface area contributed by atoms with Gasteiger partial charge in [0.1, 0.15) is 0 Å².